The summed E-state index contributed by atoms with van der Waals surface area (Å²) in [7, 11) is 0. The number of aromatic nitrogens is 2. The highest BCUT2D eigenvalue weighted by atomic mass is 19.1. The van der Waals surface area contributed by atoms with Crippen molar-refractivity contribution in [1.82, 2.24) is 10.1 Å². The van der Waals surface area contributed by atoms with E-state index in [0.717, 1.165) is 43.9 Å². The van der Waals surface area contributed by atoms with E-state index >= 15 is 0 Å². The summed E-state index contributed by atoms with van der Waals surface area (Å²) < 4.78 is 31.6. The van der Waals surface area contributed by atoms with Crippen LogP contribution < -0.4 is 5.73 Å². The van der Waals surface area contributed by atoms with Crippen molar-refractivity contribution in [3.8, 4) is 11.5 Å². The van der Waals surface area contributed by atoms with Crippen molar-refractivity contribution < 1.29 is 13.3 Å². The summed E-state index contributed by atoms with van der Waals surface area (Å²) in [6, 6.07) is 3.12. The van der Waals surface area contributed by atoms with Crippen LogP contribution >= 0.6 is 0 Å². The highest BCUT2D eigenvalue weighted by Crippen LogP contribution is 2.37. The van der Waals surface area contributed by atoms with Gasteiger partial charge in [-0.2, -0.15) is 4.98 Å². The Morgan fingerprint density at radius 3 is 2.67 bits per heavy atom. The van der Waals surface area contributed by atoms with Crippen LogP contribution in [0, 0.1) is 17.6 Å². The molecule has 1 aromatic carbocycles. The fourth-order valence-corrected chi connectivity index (χ4v) is 3.02. The van der Waals surface area contributed by atoms with Crippen LogP contribution in [0.3, 0.4) is 0 Å². The second-order valence-electron chi connectivity index (χ2n) is 5.94. The monoisotopic (exact) mass is 293 g/mol. The predicted molar refractivity (Wildman–Crippen MR) is 73.1 cm³/mol. The van der Waals surface area contributed by atoms with Gasteiger partial charge in [-0.25, -0.2) is 8.78 Å². The Bertz CT molecular complexity index is 638. The number of hydrogen-bond acceptors (Lipinski definition) is 4. The molecule has 1 saturated carbocycles. The minimum Gasteiger partial charge on any atom is -0.334 e. The molecule has 1 aliphatic rings. The largest absolute Gasteiger partial charge is 0.334 e. The number of hydrogen-bond donors (Lipinski definition) is 1. The van der Waals surface area contributed by atoms with E-state index in [-0.39, 0.29) is 11.5 Å². The summed E-state index contributed by atoms with van der Waals surface area (Å²) in [4.78, 5) is 4.26. The van der Waals surface area contributed by atoms with E-state index in [1.807, 2.05) is 0 Å². The lowest BCUT2D eigenvalue weighted by Crippen LogP contribution is -2.42. The average molecular weight is 293 g/mol. The summed E-state index contributed by atoms with van der Waals surface area (Å²) in [5, 5.41) is 3.93. The summed E-state index contributed by atoms with van der Waals surface area (Å²) in [5.74, 6) is -0.366. The Kier molecular flexibility index (Phi) is 3.49. The van der Waals surface area contributed by atoms with Gasteiger partial charge in [-0.05, 0) is 30.9 Å². The van der Waals surface area contributed by atoms with Crippen molar-refractivity contribution in [3.05, 3.63) is 35.7 Å². The van der Waals surface area contributed by atoms with E-state index in [9.17, 15) is 8.78 Å². The molecule has 4 nitrogen and oxygen atoms in total. The number of nitrogens with zero attached hydrogens (tertiary/aromatic N) is 2. The van der Waals surface area contributed by atoms with E-state index < -0.39 is 17.2 Å². The molecule has 2 aromatic rings. The van der Waals surface area contributed by atoms with E-state index in [1.54, 1.807) is 0 Å². The Balaban J connectivity index is 1.92. The predicted octanol–water partition coefficient (Wildman–Crippen LogP) is 3.38. The van der Waals surface area contributed by atoms with Crippen LogP contribution in [0.15, 0.2) is 22.7 Å². The molecule has 1 fully saturated rings. The lowest BCUT2D eigenvalue weighted by atomic mass is 9.76. The second-order valence-corrected chi connectivity index (χ2v) is 5.94. The molecule has 0 radical (unpaired) electrons. The molecule has 0 saturated heterocycles. The first-order valence-corrected chi connectivity index (χ1v) is 7.06. The fraction of sp³-hybridized carbons (Fsp3) is 0.467. The lowest BCUT2D eigenvalue weighted by Gasteiger charge is -2.33. The lowest BCUT2D eigenvalue weighted by molar-refractivity contribution is 0.222. The first-order chi connectivity index (χ1) is 9.96. The van der Waals surface area contributed by atoms with Crippen LogP contribution in [0.25, 0.3) is 11.5 Å². The van der Waals surface area contributed by atoms with Crippen molar-refractivity contribution in [2.75, 3.05) is 0 Å². The third kappa shape index (κ3) is 2.81. The molecular formula is C15H17F2N3O. The van der Waals surface area contributed by atoms with E-state index in [4.69, 9.17) is 10.3 Å². The molecule has 0 aliphatic heterocycles. The summed E-state index contributed by atoms with van der Waals surface area (Å²) in [6.45, 7) is 2.14. The van der Waals surface area contributed by atoms with Gasteiger partial charge in [-0.3, -0.25) is 0 Å². The SMILES string of the molecule is CC1CCCC(N)(c2noc(-c3cc(F)cc(F)c3)n2)C1. The van der Waals surface area contributed by atoms with Gasteiger partial charge in [0.2, 0.25) is 0 Å². The molecule has 2 unspecified atom stereocenters. The normalized spacial score (nSPS) is 26.0. The highest BCUT2D eigenvalue weighted by molar-refractivity contribution is 5.53. The zero-order chi connectivity index (χ0) is 15.0. The maximum absolute atomic E-state index is 13.2. The van der Waals surface area contributed by atoms with Crippen LogP contribution in [0.2, 0.25) is 0 Å². The van der Waals surface area contributed by atoms with Gasteiger partial charge in [0.1, 0.15) is 11.6 Å². The molecule has 0 amide bonds. The number of halogens is 2. The minimum atomic E-state index is -0.682. The van der Waals surface area contributed by atoms with Crippen LogP contribution in [0.1, 0.15) is 38.4 Å². The van der Waals surface area contributed by atoms with Gasteiger partial charge in [0, 0.05) is 11.6 Å². The Morgan fingerprint density at radius 1 is 1.29 bits per heavy atom. The van der Waals surface area contributed by atoms with Crippen LogP contribution in [-0.4, -0.2) is 10.1 Å². The van der Waals surface area contributed by atoms with Crippen LogP contribution in [0.5, 0.6) is 0 Å². The molecule has 2 atom stereocenters. The maximum atomic E-state index is 13.2. The maximum Gasteiger partial charge on any atom is 0.258 e. The van der Waals surface area contributed by atoms with E-state index in [0.29, 0.717) is 11.7 Å². The van der Waals surface area contributed by atoms with Crippen molar-refractivity contribution in [3.63, 3.8) is 0 Å². The van der Waals surface area contributed by atoms with Gasteiger partial charge in [-0.1, -0.05) is 24.9 Å². The zero-order valence-corrected chi connectivity index (χ0v) is 11.8. The van der Waals surface area contributed by atoms with Gasteiger partial charge in [0.25, 0.3) is 5.89 Å². The number of nitrogens with two attached hydrogens (primary N) is 1. The van der Waals surface area contributed by atoms with E-state index in [2.05, 4.69) is 17.1 Å². The first-order valence-electron chi connectivity index (χ1n) is 7.06. The third-order valence-electron chi connectivity index (χ3n) is 4.01. The quantitative estimate of drug-likeness (QED) is 0.922. The zero-order valence-electron chi connectivity index (χ0n) is 11.8. The number of rotatable bonds is 2. The van der Waals surface area contributed by atoms with Crippen molar-refractivity contribution >= 4 is 0 Å². The van der Waals surface area contributed by atoms with E-state index in [1.165, 1.54) is 0 Å². The minimum absolute atomic E-state index is 0.0893. The third-order valence-corrected chi connectivity index (χ3v) is 4.01. The molecule has 3 rings (SSSR count). The van der Waals surface area contributed by atoms with Gasteiger partial charge >= 0.3 is 0 Å². The molecule has 0 bridgehead atoms. The molecule has 6 heteroatoms. The average Bonchev–Trinajstić information content (AvgIpc) is 2.87. The molecule has 0 spiro atoms. The second kappa shape index (κ2) is 5.18. The Labute approximate surface area is 121 Å². The molecule has 1 aliphatic carbocycles. The van der Waals surface area contributed by atoms with Gasteiger partial charge in [-0.15, -0.1) is 0 Å². The summed E-state index contributed by atoms with van der Waals surface area (Å²) in [5.41, 5.74) is 5.99. The molecule has 112 valence electrons. The molecule has 2 N–H and O–H groups in total. The van der Waals surface area contributed by atoms with Gasteiger partial charge in [0.05, 0.1) is 5.54 Å². The van der Waals surface area contributed by atoms with Crippen LogP contribution in [0.4, 0.5) is 8.78 Å². The van der Waals surface area contributed by atoms with Crippen molar-refractivity contribution in [2.45, 2.75) is 38.1 Å². The van der Waals surface area contributed by atoms with Crippen molar-refractivity contribution in [1.29, 1.82) is 0 Å². The van der Waals surface area contributed by atoms with Crippen LogP contribution in [-0.2, 0) is 5.54 Å². The molecule has 1 heterocycles. The van der Waals surface area contributed by atoms with Crippen molar-refractivity contribution in [2.24, 2.45) is 11.7 Å². The first kappa shape index (κ1) is 14.1. The Morgan fingerprint density at radius 2 is 2.00 bits per heavy atom. The smallest absolute Gasteiger partial charge is 0.258 e. The van der Waals surface area contributed by atoms with Gasteiger partial charge < -0.3 is 10.3 Å². The molecular weight excluding hydrogens is 276 g/mol. The number of benzene rings is 1. The summed E-state index contributed by atoms with van der Waals surface area (Å²) in [6.07, 6.45) is 3.71. The Hall–Kier alpha value is -1.82. The fourth-order valence-electron chi connectivity index (χ4n) is 3.02. The standard InChI is InChI=1S/C15H17F2N3O/c1-9-3-2-4-15(18,8-9)14-19-13(21-20-14)10-5-11(16)7-12(17)6-10/h5-7,9H,2-4,8,18H2,1H3. The van der Waals surface area contributed by atoms with Gasteiger partial charge in [0.15, 0.2) is 5.82 Å². The highest BCUT2D eigenvalue weighted by Gasteiger charge is 2.37. The summed E-state index contributed by atoms with van der Waals surface area (Å²) >= 11 is 0. The molecule has 1 aromatic heterocycles. The molecule has 21 heavy (non-hydrogen) atoms. The topological polar surface area (TPSA) is 64.9 Å².